The molecule has 3 rings (SSSR count). The number of likely N-dealkylation sites (N-methyl/N-ethyl adjacent to an activating group) is 1. The molecule has 0 bridgehead atoms. The van der Waals surface area contributed by atoms with E-state index in [2.05, 4.69) is 4.98 Å². The molecule has 0 radical (unpaired) electrons. The van der Waals surface area contributed by atoms with Crippen LogP contribution in [0, 0.1) is 6.92 Å². The number of ketones is 1. The monoisotopic (exact) mass is 423 g/mol. The number of Topliss-reactive ketones (excluding diaryl/α,β-unsaturated/α-hetero) is 1. The minimum Gasteiger partial charge on any atom is -0.507 e. The van der Waals surface area contributed by atoms with Crippen LogP contribution in [0.25, 0.3) is 5.76 Å². The predicted octanol–water partition coefficient (Wildman–Crippen LogP) is 3.16. The van der Waals surface area contributed by atoms with Crippen LogP contribution in [0.1, 0.15) is 36.6 Å². The maximum atomic E-state index is 13.0. The highest BCUT2D eigenvalue weighted by Gasteiger charge is 2.46. The molecule has 0 spiro atoms. The zero-order chi connectivity index (χ0) is 22.7. The first-order valence-electron chi connectivity index (χ1n) is 10.3. The normalized spacial score (nSPS) is 18.3. The molecule has 31 heavy (non-hydrogen) atoms. The second-order valence-corrected chi connectivity index (χ2v) is 8.23. The van der Waals surface area contributed by atoms with E-state index in [1.54, 1.807) is 30.6 Å². The third kappa shape index (κ3) is 4.77. The van der Waals surface area contributed by atoms with Gasteiger partial charge in [0.05, 0.1) is 17.7 Å². The van der Waals surface area contributed by atoms with E-state index in [0.717, 1.165) is 5.56 Å². The molecule has 1 saturated heterocycles. The number of carbonyl (C=O) groups is 2. The first kappa shape index (κ1) is 22.5. The van der Waals surface area contributed by atoms with E-state index >= 15 is 0 Å². The zero-order valence-electron chi connectivity index (χ0n) is 18.6. The standard InChI is InChI=1S/C24H29N3O4/c1-15(2)31-18-8-9-19(16(3)13-18)22(28)20-21(17-7-6-10-25-14-17)27(12-11-26(4)5)24(30)23(20)29/h6-10,13-15,21,28H,11-12H2,1-5H3/t21-/m0/s1. The van der Waals surface area contributed by atoms with Crippen molar-refractivity contribution in [2.45, 2.75) is 32.9 Å². The molecular formula is C24H29N3O4. The van der Waals surface area contributed by atoms with E-state index in [1.165, 1.54) is 4.90 Å². The summed E-state index contributed by atoms with van der Waals surface area (Å²) in [6.45, 7) is 6.65. The van der Waals surface area contributed by atoms with Crippen LogP contribution in [-0.4, -0.2) is 64.9 Å². The van der Waals surface area contributed by atoms with Gasteiger partial charge in [0.2, 0.25) is 0 Å². The molecule has 1 aromatic heterocycles. The highest BCUT2D eigenvalue weighted by molar-refractivity contribution is 6.46. The Morgan fingerprint density at radius 2 is 2.00 bits per heavy atom. The Kier molecular flexibility index (Phi) is 6.75. The van der Waals surface area contributed by atoms with Gasteiger partial charge in [0.1, 0.15) is 11.5 Å². The number of amides is 1. The molecular weight excluding hydrogens is 394 g/mol. The number of likely N-dealkylation sites (tertiary alicyclic amines) is 1. The van der Waals surface area contributed by atoms with Crippen molar-refractivity contribution in [2.24, 2.45) is 0 Å². The van der Waals surface area contributed by atoms with Crippen molar-refractivity contribution in [1.29, 1.82) is 0 Å². The summed E-state index contributed by atoms with van der Waals surface area (Å²) < 4.78 is 5.72. The third-order valence-corrected chi connectivity index (χ3v) is 5.15. The SMILES string of the molecule is Cc1cc(OC(C)C)ccc1C(O)=C1C(=O)C(=O)N(CCN(C)C)[C@H]1c1cccnc1. The molecule has 1 aromatic carbocycles. The number of hydrogen-bond acceptors (Lipinski definition) is 6. The summed E-state index contributed by atoms with van der Waals surface area (Å²) in [7, 11) is 3.81. The molecule has 7 nitrogen and oxygen atoms in total. The van der Waals surface area contributed by atoms with Crippen LogP contribution < -0.4 is 4.74 Å². The van der Waals surface area contributed by atoms with Gasteiger partial charge in [0.25, 0.3) is 11.7 Å². The van der Waals surface area contributed by atoms with Crippen LogP contribution in [0.2, 0.25) is 0 Å². The molecule has 1 aliphatic heterocycles. The number of aliphatic hydroxyl groups excluding tert-OH is 1. The van der Waals surface area contributed by atoms with Gasteiger partial charge in [-0.1, -0.05) is 6.07 Å². The van der Waals surface area contributed by atoms with E-state index in [0.29, 0.717) is 30.0 Å². The van der Waals surface area contributed by atoms with E-state index < -0.39 is 17.7 Å². The molecule has 2 aromatic rings. The number of hydrogen-bond donors (Lipinski definition) is 1. The number of pyridine rings is 1. The molecule has 2 heterocycles. The largest absolute Gasteiger partial charge is 0.507 e. The first-order chi connectivity index (χ1) is 14.7. The van der Waals surface area contributed by atoms with Gasteiger partial charge in [0.15, 0.2) is 0 Å². The lowest BCUT2D eigenvalue weighted by molar-refractivity contribution is -0.140. The van der Waals surface area contributed by atoms with Crippen LogP contribution in [0.3, 0.4) is 0 Å². The summed E-state index contributed by atoms with van der Waals surface area (Å²) in [4.78, 5) is 33.5. The number of benzene rings is 1. The van der Waals surface area contributed by atoms with Crippen LogP contribution in [0.15, 0.2) is 48.3 Å². The van der Waals surface area contributed by atoms with E-state index in [9.17, 15) is 14.7 Å². The van der Waals surface area contributed by atoms with E-state index in [1.807, 2.05) is 51.9 Å². The smallest absolute Gasteiger partial charge is 0.295 e. The molecule has 164 valence electrons. The lowest BCUT2D eigenvalue weighted by Crippen LogP contribution is -2.35. The Bertz CT molecular complexity index is 999. The second kappa shape index (κ2) is 9.31. The highest BCUT2D eigenvalue weighted by atomic mass is 16.5. The fraction of sp³-hybridized carbons (Fsp3) is 0.375. The number of rotatable bonds is 7. The molecule has 1 amide bonds. The molecule has 1 fully saturated rings. The average molecular weight is 424 g/mol. The van der Waals surface area contributed by atoms with Crippen molar-refractivity contribution in [3.8, 4) is 5.75 Å². The van der Waals surface area contributed by atoms with Crippen LogP contribution in [0.4, 0.5) is 0 Å². The molecule has 1 aliphatic rings. The van der Waals surface area contributed by atoms with Crippen molar-refractivity contribution in [3.63, 3.8) is 0 Å². The minimum absolute atomic E-state index is 0.0199. The number of aromatic nitrogens is 1. The Morgan fingerprint density at radius 3 is 2.58 bits per heavy atom. The lowest BCUT2D eigenvalue weighted by atomic mass is 9.94. The third-order valence-electron chi connectivity index (χ3n) is 5.15. The topological polar surface area (TPSA) is 83.0 Å². The lowest BCUT2D eigenvalue weighted by Gasteiger charge is -2.26. The first-order valence-corrected chi connectivity index (χ1v) is 10.3. The van der Waals surface area contributed by atoms with Gasteiger partial charge in [0, 0.05) is 31.0 Å². The van der Waals surface area contributed by atoms with E-state index in [-0.39, 0.29) is 17.4 Å². The number of nitrogens with zero attached hydrogens (tertiary/aromatic N) is 3. The summed E-state index contributed by atoms with van der Waals surface area (Å²) in [5.41, 5.74) is 2.01. The van der Waals surface area contributed by atoms with Gasteiger partial charge in [-0.3, -0.25) is 14.6 Å². The maximum Gasteiger partial charge on any atom is 0.295 e. The average Bonchev–Trinajstić information content (AvgIpc) is 2.96. The maximum absolute atomic E-state index is 13.0. The van der Waals surface area contributed by atoms with Gasteiger partial charge in [-0.2, -0.15) is 0 Å². The number of ether oxygens (including phenoxy) is 1. The Hall–Kier alpha value is -3.19. The van der Waals surface area contributed by atoms with Gasteiger partial charge in [-0.05, 0) is 70.3 Å². The number of aliphatic hydroxyl groups is 1. The van der Waals surface area contributed by atoms with E-state index in [4.69, 9.17) is 4.74 Å². The summed E-state index contributed by atoms with van der Waals surface area (Å²) in [5, 5.41) is 11.2. The van der Waals surface area contributed by atoms with Crippen LogP contribution in [-0.2, 0) is 9.59 Å². The summed E-state index contributed by atoms with van der Waals surface area (Å²) in [6, 6.07) is 8.16. The number of carbonyl (C=O) groups excluding carboxylic acids is 2. The Morgan fingerprint density at radius 1 is 1.26 bits per heavy atom. The Labute approximate surface area is 183 Å². The highest BCUT2D eigenvalue weighted by Crippen LogP contribution is 2.39. The van der Waals surface area contributed by atoms with Gasteiger partial charge in [-0.15, -0.1) is 0 Å². The molecule has 0 unspecified atom stereocenters. The van der Waals surface area contributed by atoms with Crippen molar-refractivity contribution >= 4 is 17.4 Å². The quantitative estimate of drug-likeness (QED) is 0.418. The van der Waals surface area contributed by atoms with Gasteiger partial charge < -0.3 is 19.6 Å². The summed E-state index contributed by atoms with van der Waals surface area (Å²) >= 11 is 0. The molecule has 1 atom stereocenters. The second-order valence-electron chi connectivity index (χ2n) is 8.23. The van der Waals surface area contributed by atoms with Crippen molar-refractivity contribution in [1.82, 2.24) is 14.8 Å². The van der Waals surface area contributed by atoms with Crippen molar-refractivity contribution in [2.75, 3.05) is 27.2 Å². The predicted molar refractivity (Wildman–Crippen MR) is 119 cm³/mol. The molecule has 0 saturated carbocycles. The van der Waals surface area contributed by atoms with Gasteiger partial charge >= 0.3 is 0 Å². The van der Waals surface area contributed by atoms with Crippen molar-refractivity contribution < 1.29 is 19.4 Å². The molecule has 0 aliphatic carbocycles. The fourth-order valence-electron chi connectivity index (χ4n) is 3.70. The van der Waals surface area contributed by atoms with Crippen LogP contribution >= 0.6 is 0 Å². The minimum atomic E-state index is -0.695. The van der Waals surface area contributed by atoms with Gasteiger partial charge in [-0.25, -0.2) is 0 Å². The molecule has 1 N–H and O–H groups in total. The molecule has 7 heteroatoms. The fourth-order valence-corrected chi connectivity index (χ4v) is 3.70. The summed E-state index contributed by atoms with van der Waals surface area (Å²) in [5.74, 6) is -0.811. The van der Waals surface area contributed by atoms with Crippen LogP contribution in [0.5, 0.6) is 5.75 Å². The Balaban J connectivity index is 2.10. The zero-order valence-corrected chi connectivity index (χ0v) is 18.6. The van der Waals surface area contributed by atoms with Crippen molar-refractivity contribution in [3.05, 3.63) is 65.0 Å². The number of aryl methyl sites for hydroxylation is 1. The summed E-state index contributed by atoms with van der Waals surface area (Å²) in [6.07, 6.45) is 3.28.